The molecule has 0 aliphatic carbocycles. The molecule has 2 aromatic heterocycles. The van der Waals surface area contributed by atoms with E-state index in [2.05, 4.69) is 9.97 Å². The molecule has 2 rings (SSSR count). The van der Waals surface area contributed by atoms with E-state index in [0.717, 1.165) is 0 Å². The maximum absolute atomic E-state index is 12.0. The number of nitrogens with two attached hydrogens (primary N) is 1. The van der Waals surface area contributed by atoms with Crippen LogP contribution in [0.25, 0.3) is 0 Å². The molecule has 16 heavy (non-hydrogen) atoms. The van der Waals surface area contributed by atoms with Crippen LogP contribution in [0.4, 0.5) is 11.4 Å². The van der Waals surface area contributed by atoms with Crippen molar-refractivity contribution in [2.24, 2.45) is 0 Å². The van der Waals surface area contributed by atoms with Gasteiger partial charge in [0.1, 0.15) is 4.88 Å². The summed E-state index contributed by atoms with van der Waals surface area (Å²) in [6.07, 6.45) is 4.66. The van der Waals surface area contributed by atoms with Crippen molar-refractivity contribution in [2.75, 3.05) is 17.7 Å². The first-order valence-electron chi connectivity index (χ1n) is 4.56. The van der Waals surface area contributed by atoms with E-state index in [1.165, 1.54) is 22.4 Å². The minimum Gasteiger partial charge on any atom is -0.396 e. The van der Waals surface area contributed by atoms with Gasteiger partial charge in [-0.25, -0.2) is 0 Å². The second kappa shape index (κ2) is 4.28. The number of carbonyl (C=O) groups excluding carboxylic acids is 1. The molecule has 0 atom stereocenters. The maximum Gasteiger partial charge on any atom is 0.269 e. The fourth-order valence-corrected chi connectivity index (χ4v) is 1.90. The summed E-state index contributed by atoms with van der Waals surface area (Å²) in [5, 5.41) is 0. The largest absolute Gasteiger partial charge is 0.396 e. The predicted molar refractivity (Wildman–Crippen MR) is 63.5 cm³/mol. The van der Waals surface area contributed by atoms with Crippen molar-refractivity contribution >= 4 is 28.6 Å². The Morgan fingerprint density at radius 2 is 2.25 bits per heavy atom. The first-order chi connectivity index (χ1) is 7.70. The third-order valence-corrected chi connectivity index (χ3v) is 2.90. The van der Waals surface area contributed by atoms with Gasteiger partial charge in [-0.2, -0.15) is 0 Å². The van der Waals surface area contributed by atoms with Gasteiger partial charge in [0.15, 0.2) is 0 Å². The van der Waals surface area contributed by atoms with Crippen LogP contribution < -0.4 is 10.6 Å². The number of pyridine rings is 1. The zero-order valence-corrected chi connectivity index (χ0v) is 9.44. The highest BCUT2D eigenvalue weighted by Gasteiger charge is 2.16. The lowest BCUT2D eigenvalue weighted by atomic mass is 10.3. The van der Waals surface area contributed by atoms with Crippen LogP contribution in [0.2, 0.25) is 0 Å². The summed E-state index contributed by atoms with van der Waals surface area (Å²) < 4.78 is 0. The van der Waals surface area contributed by atoms with E-state index in [0.29, 0.717) is 16.3 Å². The fourth-order valence-electron chi connectivity index (χ4n) is 1.30. The summed E-state index contributed by atoms with van der Waals surface area (Å²) in [6.45, 7) is 0. The van der Waals surface area contributed by atoms with E-state index >= 15 is 0 Å². The van der Waals surface area contributed by atoms with Gasteiger partial charge in [-0.15, -0.1) is 11.3 Å². The molecule has 1 amide bonds. The van der Waals surface area contributed by atoms with E-state index in [-0.39, 0.29) is 5.91 Å². The van der Waals surface area contributed by atoms with Crippen molar-refractivity contribution in [1.29, 1.82) is 0 Å². The topological polar surface area (TPSA) is 72.1 Å². The minimum absolute atomic E-state index is 0.125. The van der Waals surface area contributed by atoms with Crippen molar-refractivity contribution < 1.29 is 4.79 Å². The molecule has 2 aromatic rings. The Balaban J connectivity index is 2.30. The number of nitrogens with zero attached hydrogens (tertiary/aromatic N) is 3. The van der Waals surface area contributed by atoms with Gasteiger partial charge in [0.05, 0.1) is 29.3 Å². The summed E-state index contributed by atoms with van der Waals surface area (Å²) in [5.41, 5.74) is 8.49. The van der Waals surface area contributed by atoms with Crippen LogP contribution in [0.1, 0.15) is 9.67 Å². The number of nitrogen functional groups attached to an aromatic ring is 1. The second-order valence-electron chi connectivity index (χ2n) is 3.16. The van der Waals surface area contributed by atoms with Crippen LogP contribution in [-0.2, 0) is 0 Å². The number of hydrogen-bond acceptors (Lipinski definition) is 5. The number of hydrogen-bond donors (Lipinski definition) is 1. The molecule has 5 nitrogen and oxygen atoms in total. The Labute approximate surface area is 96.6 Å². The molecule has 0 aliphatic heterocycles. The molecule has 2 heterocycles. The molecule has 0 spiro atoms. The summed E-state index contributed by atoms with van der Waals surface area (Å²) in [6, 6.07) is 1.70. The summed E-state index contributed by atoms with van der Waals surface area (Å²) in [7, 11) is 1.67. The number of amides is 1. The Kier molecular flexibility index (Phi) is 2.82. The van der Waals surface area contributed by atoms with E-state index in [1.807, 2.05) is 0 Å². The molecule has 0 bridgehead atoms. The first-order valence-corrected chi connectivity index (χ1v) is 5.44. The van der Waals surface area contributed by atoms with Gasteiger partial charge in [0, 0.05) is 13.2 Å². The van der Waals surface area contributed by atoms with Crippen LogP contribution in [0.15, 0.2) is 30.2 Å². The van der Waals surface area contributed by atoms with Gasteiger partial charge in [0.25, 0.3) is 5.91 Å². The highest BCUT2D eigenvalue weighted by molar-refractivity contribution is 7.11. The molecule has 0 radical (unpaired) electrons. The maximum atomic E-state index is 12.0. The van der Waals surface area contributed by atoms with Crippen LogP contribution in [-0.4, -0.2) is 22.9 Å². The minimum atomic E-state index is -0.125. The lowest BCUT2D eigenvalue weighted by molar-refractivity contribution is 0.0996. The average molecular weight is 234 g/mol. The molecule has 0 saturated heterocycles. The number of carbonyl (C=O) groups is 1. The SMILES string of the molecule is CN(C(=O)c1cncs1)c1ccncc1N. The van der Waals surface area contributed by atoms with Gasteiger partial charge < -0.3 is 10.6 Å². The normalized spacial score (nSPS) is 10.1. The lowest BCUT2D eigenvalue weighted by Crippen LogP contribution is -2.26. The van der Waals surface area contributed by atoms with Crippen LogP contribution in [0.3, 0.4) is 0 Å². The van der Waals surface area contributed by atoms with Gasteiger partial charge in [-0.1, -0.05) is 0 Å². The molecule has 0 aromatic carbocycles. The Morgan fingerprint density at radius 3 is 2.88 bits per heavy atom. The molecule has 0 unspecified atom stereocenters. The molecular formula is C10H10N4OS. The molecule has 2 N–H and O–H groups in total. The van der Waals surface area contributed by atoms with Crippen molar-refractivity contribution in [3.8, 4) is 0 Å². The van der Waals surface area contributed by atoms with Crippen LogP contribution in [0.5, 0.6) is 0 Å². The van der Waals surface area contributed by atoms with Crippen molar-refractivity contribution in [3.63, 3.8) is 0 Å². The predicted octanol–water partition coefficient (Wildman–Crippen LogP) is 1.40. The third kappa shape index (κ3) is 1.87. The summed E-state index contributed by atoms with van der Waals surface area (Å²) in [5.74, 6) is -0.125. The number of thiazole rings is 1. The Morgan fingerprint density at radius 1 is 1.44 bits per heavy atom. The number of rotatable bonds is 2. The van der Waals surface area contributed by atoms with E-state index in [9.17, 15) is 4.79 Å². The van der Waals surface area contributed by atoms with Crippen LogP contribution >= 0.6 is 11.3 Å². The fraction of sp³-hybridized carbons (Fsp3) is 0.100. The molecular weight excluding hydrogens is 224 g/mol. The van der Waals surface area contributed by atoms with Crippen molar-refractivity contribution in [2.45, 2.75) is 0 Å². The monoisotopic (exact) mass is 234 g/mol. The van der Waals surface area contributed by atoms with Crippen molar-refractivity contribution in [1.82, 2.24) is 9.97 Å². The van der Waals surface area contributed by atoms with Gasteiger partial charge >= 0.3 is 0 Å². The number of anilines is 2. The average Bonchev–Trinajstić information content (AvgIpc) is 2.81. The molecule has 0 aliphatic rings. The molecule has 0 saturated carbocycles. The van der Waals surface area contributed by atoms with Crippen LogP contribution in [0, 0.1) is 0 Å². The second-order valence-corrected chi connectivity index (χ2v) is 4.05. The zero-order valence-electron chi connectivity index (χ0n) is 8.62. The summed E-state index contributed by atoms with van der Waals surface area (Å²) in [4.78, 5) is 21.8. The van der Waals surface area contributed by atoms with Gasteiger partial charge in [-0.05, 0) is 6.07 Å². The zero-order chi connectivity index (χ0) is 11.5. The van der Waals surface area contributed by atoms with Gasteiger partial charge in [-0.3, -0.25) is 14.8 Å². The van der Waals surface area contributed by atoms with Gasteiger partial charge in [0.2, 0.25) is 0 Å². The molecule has 0 fully saturated rings. The Bertz CT molecular complexity index is 497. The first kappa shape index (κ1) is 10.6. The molecule has 82 valence electrons. The Hall–Kier alpha value is -1.95. The summed E-state index contributed by atoms with van der Waals surface area (Å²) >= 11 is 1.30. The highest BCUT2D eigenvalue weighted by atomic mass is 32.1. The highest BCUT2D eigenvalue weighted by Crippen LogP contribution is 2.22. The number of aromatic nitrogens is 2. The van der Waals surface area contributed by atoms with E-state index < -0.39 is 0 Å². The van der Waals surface area contributed by atoms with E-state index in [1.54, 1.807) is 31.0 Å². The van der Waals surface area contributed by atoms with E-state index in [4.69, 9.17) is 5.73 Å². The third-order valence-electron chi connectivity index (χ3n) is 2.14. The van der Waals surface area contributed by atoms with Crippen molar-refractivity contribution in [3.05, 3.63) is 35.0 Å². The quantitative estimate of drug-likeness (QED) is 0.852. The smallest absolute Gasteiger partial charge is 0.269 e. The lowest BCUT2D eigenvalue weighted by Gasteiger charge is -2.17. The standard InChI is InChI=1S/C10H10N4OS/c1-14(8-2-3-12-4-7(8)11)10(15)9-5-13-6-16-9/h2-6H,11H2,1H3. The molecule has 6 heteroatoms.